The molecule has 28 heavy (non-hydrogen) atoms. The molecule has 0 fully saturated rings. The lowest BCUT2D eigenvalue weighted by molar-refractivity contribution is 0.102. The number of aryl methyl sites for hydroxylation is 1. The van der Waals surface area contributed by atoms with Gasteiger partial charge in [0.15, 0.2) is 0 Å². The zero-order chi connectivity index (χ0) is 20.5. The predicted molar refractivity (Wildman–Crippen MR) is 110 cm³/mol. The molecule has 1 heterocycles. The van der Waals surface area contributed by atoms with Crippen LogP contribution in [0.5, 0.6) is 0 Å². The van der Waals surface area contributed by atoms with Gasteiger partial charge in [0.05, 0.1) is 15.9 Å². The Balaban J connectivity index is 1.83. The van der Waals surface area contributed by atoms with Crippen molar-refractivity contribution in [2.24, 2.45) is 0 Å². The number of carbonyl (C=O) groups is 1. The van der Waals surface area contributed by atoms with Crippen LogP contribution in [0.25, 0.3) is 11.0 Å². The van der Waals surface area contributed by atoms with E-state index in [-0.39, 0.29) is 10.8 Å². The van der Waals surface area contributed by atoms with Gasteiger partial charge in [0.2, 0.25) is 16.0 Å². The Kier molecular flexibility index (Phi) is 5.27. The summed E-state index contributed by atoms with van der Waals surface area (Å²) in [7, 11) is -3.65. The molecule has 148 valence electrons. The van der Waals surface area contributed by atoms with Crippen molar-refractivity contribution < 1.29 is 13.2 Å². The van der Waals surface area contributed by atoms with Crippen LogP contribution >= 0.6 is 0 Å². The highest BCUT2D eigenvalue weighted by atomic mass is 32.2. The van der Waals surface area contributed by atoms with Crippen LogP contribution in [-0.2, 0) is 16.6 Å². The molecule has 0 radical (unpaired) electrons. The van der Waals surface area contributed by atoms with Gasteiger partial charge in [-0.05, 0) is 64.1 Å². The van der Waals surface area contributed by atoms with Crippen molar-refractivity contribution in [3.63, 3.8) is 0 Å². The van der Waals surface area contributed by atoms with Crippen LogP contribution in [0.15, 0.2) is 53.4 Å². The number of carbonyl (C=O) groups excluding carboxylic acids is 1. The summed E-state index contributed by atoms with van der Waals surface area (Å²) in [5.74, 6) is 0.109. The third kappa shape index (κ3) is 4.23. The minimum atomic E-state index is -3.65. The highest BCUT2D eigenvalue weighted by Gasteiger charge is 2.22. The molecule has 0 atom stereocenters. The number of para-hydroxylation sites is 2. The van der Waals surface area contributed by atoms with Gasteiger partial charge in [0.25, 0.3) is 5.91 Å². The van der Waals surface area contributed by atoms with E-state index in [9.17, 15) is 13.2 Å². The number of anilines is 1. The highest BCUT2D eigenvalue weighted by molar-refractivity contribution is 7.89. The molecule has 0 aliphatic rings. The molecular formula is C20H24N4O3S. The Labute approximate surface area is 164 Å². The Bertz CT molecular complexity index is 1110. The molecule has 8 heteroatoms. The number of fused-ring (bicyclic) bond motifs is 1. The van der Waals surface area contributed by atoms with Crippen LogP contribution in [0.3, 0.4) is 0 Å². The molecule has 3 rings (SSSR count). The Morgan fingerprint density at radius 1 is 1.07 bits per heavy atom. The lowest BCUT2D eigenvalue weighted by atomic mass is 10.1. The predicted octanol–water partition coefficient (Wildman–Crippen LogP) is 3.39. The molecule has 0 unspecified atom stereocenters. The summed E-state index contributed by atoms with van der Waals surface area (Å²) < 4.78 is 29.3. The highest BCUT2D eigenvalue weighted by Crippen LogP contribution is 2.20. The number of imidazole rings is 1. The molecule has 1 amide bonds. The first-order chi connectivity index (χ1) is 13.1. The lowest BCUT2D eigenvalue weighted by Crippen LogP contribution is -2.40. The van der Waals surface area contributed by atoms with Crippen molar-refractivity contribution in [3.05, 3.63) is 54.1 Å². The van der Waals surface area contributed by atoms with E-state index in [1.165, 1.54) is 24.3 Å². The van der Waals surface area contributed by atoms with E-state index in [0.717, 1.165) is 11.0 Å². The summed E-state index contributed by atoms with van der Waals surface area (Å²) >= 11 is 0. The van der Waals surface area contributed by atoms with Gasteiger partial charge in [0, 0.05) is 17.6 Å². The average Bonchev–Trinajstić information content (AvgIpc) is 2.96. The SMILES string of the molecule is CCn1c(NC(=O)c2ccc(S(=O)(=O)NC(C)(C)C)cc2)nc2ccccc21. The Morgan fingerprint density at radius 3 is 2.32 bits per heavy atom. The number of rotatable bonds is 5. The number of benzene rings is 2. The van der Waals surface area contributed by atoms with Gasteiger partial charge < -0.3 is 4.57 Å². The van der Waals surface area contributed by atoms with E-state index >= 15 is 0 Å². The second-order valence-corrected chi connectivity index (χ2v) is 9.18. The van der Waals surface area contributed by atoms with Crippen molar-refractivity contribution in [1.29, 1.82) is 0 Å². The molecule has 0 spiro atoms. The standard InChI is InChI=1S/C20H24N4O3S/c1-5-24-17-9-7-6-8-16(17)21-19(24)22-18(25)14-10-12-15(13-11-14)28(26,27)23-20(2,3)4/h6-13,23H,5H2,1-4H3,(H,21,22,25). The smallest absolute Gasteiger partial charge is 0.257 e. The Morgan fingerprint density at radius 2 is 1.71 bits per heavy atom. The average molecular weight is 401 g/mol. The Hall–Kier alpha value is -2.71. The fourth-order valence-electron chi connectivity index (χ4n) is 2.91. The van der Waals surface area contributed by atoms with E-state index in [0.29, 0.717) is 18.1 Å². The molecule has 0 aliphatic heterocycles. The van der Waals surface area contributed by atoms with E-state index in [2.05, 4.69) is 15.0 Å². The van der Waals surface area contributed by atoms with Crippen molar-refractivity contribution in [2.45, 2.75) is 44.7 Å². The van der Waals surface area contributed by atoms with E-state index in [1.54, 1.807) is 20.8 Å². The zero-order valence-corrected chi connectivity index (χ0v) is 17.2. The summed E-state index contributed by atoms with van der Waals surface area (Å²) in [5.41, 5.74) is 1.50. The number of amides is 1. The van der Waals surface area contributed by atoms with Gasteiger partial charge >= 0.3 is 0 Å². The lowest BCUT2D eigenvalue weighted by Gasteiger charge is -2.20. The van der Waals surface area contributed by atoms with Gasteiger partial charge in [0.1, 0.15) is 0 Å². The van der Waals surface area contributed by atoms with E-state index in [1.807, 2.05) is 35.8 Å². The second-order valence-electron chi connectivity index (χ2n) is 7.50. The first-order valence-electron chi connectivity index (χ1n) is 9.01. The first-order valence-corrected chi connectivity index (χ1v) is 10.5. The normalized spacial score (nSPS) is 12.3. The summed E-state index contributed by atoms with van der Waals surface area (Å²) in [5, 5.41) is 2.81. The molecule has 0 saturated carbocycles. The third-order valence-corrected chi connectivity index (χ3v) is 5.84. The molecule has 3 aromatic rings. The van der Waals surface area contributed by atoms with Crippen molar-refractivity contribution >= 4 is 32.9 Å². The van der Waals surface area contributed by atoms with Crippen LogP contribution in [0.2, 0.25) is 0 Å². The van der Waals surface area contributed by atoms with Crippen molar-refractivity contribution in [1.82, 2.24) is 14.3 Å². The molecule has 7 nitrogen and oxygen atoms in total. The molecular weight excluding hydrogens is 376 g/mol. The number of sulfonamides is 1. The van der Waals surface area contributed by atoms with E-state index < -0.39 is 15.6 Å². The quantitative estimate of drug-likeness (QED) is 0.687. The van der Waals surface area contributed by atoms with Crippen LogP contribution < -0.4 is 10.0 Å². The fourth-order valence-corrected chi connectivity index (χ4v) is 4.33. The topological polar surface area (TPSA) is 93.1 Å². The van der Waals surface area contributed by atoms with Crippen LogP contribution in [0.1, 0.15) is 38.1 Å². The number of aromatic nitrogens is 2. The van der Waals surface area contributed by atoms with Crippen LogP contribution in [0, 0.1) is 0 Å². The summed E-state index contributed by atoms with van der Waals surface area (Å²) in [6, 6.07) is 13.5. The van der Waals surface area contributed by atoms with Gasteiger partial charge in [-0.25, -0.2) is 18.1 Å². The first kappa shape index (κ1) is 20.0. The molecule has 0 bridgehead atoms. The molecule has 0 saturated heterocycles. The molecule has 2 aromatic carbocycles. The maximum atomic E-state index is 12.6. The summed E-state index contributed by atoms with van der Waals surface area (Å²) in [6.07, 6.45) is 0. The summed E-state index contributed by atoms with van der Waals surface area (Å²) in [6.45, 7) is 7.95. The summed E-state index contributed by atoms with van der Waals surface area (Å²) in [4.78, 5) is 17.2. The maximum Gasteiger partial charge on any atom is 0.257 e. The third-order valence-electron chi connectivity index (χ3n) is 4.06. The molecule has 2 N–H and O–H groups in total. The number of hydrogen-bond donors (Lipinski definition) is 2. The van der Waals surface area contributed by atoms with Gasteiger partial charge in [-0.15, -0.1) is 0 Å². The molecule has 1 aromatic heterocycles. The fraction of sp³-hybridized carbons (Fsp3) is 0.300. The van der Waals surface area contributed by atoms with Crippen molar-refractivity contribution in [2.75, 3.05) is 5.32 Å². The monoisotopic (exact) mass is 400 g/mol. The van der Waals surface area contributed by atoms with E-state index in [4.69, 9.17) is 0 Å². The van der Waals surface area contributed by atoms with Crippen LogP contribution in [-0.4, -0.2) is 29.4 Å². The van der Waals surface area contributed by atoms with Gasteiger partial charge in [-0.1, -0.05) is 12.1 Å². The zero-order valence-electron chi connectivity index (χ0n) is 16.4. The van der Waals surface area contributed by atoms with Gasteiger partial charge in [-0.2, -0.15) is 0 Å². The molecule has 0 aliphatic carbocycles. The number of hydrogen-bond acceptors (Lipinski definition) is 4. The minimum Gasteiger partial charge on any atom is -0.310 e. The number of nitrogens with zero attached hydrogens (tertiary/aromatic N) is 2. The largest absolute Gasteiger partial charge is 0.310 e. The van der Waals surface area contributed by atoms with Crippen molar-refractivity contribution in [3.8, 4) is 0 Å². The van der Waals surface area contributed by atoms with Crippen LogP contribution in [0.4, 0.5) is 5.95 Å². The van der Waals surface area contributed by atoms with Gasteiger partial charge in [-0.3, -0.25) is 10.1 Å². The minimum absolute atomic E-state index is 0.111. The number of nitrogens with one attached hydrogen (secondary N) is 2. The maximum absolute atomic E-state index is 12.6. The second kappa shape index (κ2) is 7.37.